The summed E-state index contributed by atoms with van der Waals surface area (Å²) in [6.45, 7) is 0. The van der Waals surface area contributed by atoms with Crippen molar-refractivity contribution in [3.8, 4) is 0 Å². The molecule has 0 amide bonds. The summed E-state index contributed by atoms with van der Waals surface area (Å²) in [5, 5.41) is 0. The van der Waals surface area contributed by atoms with Crippen LogP contribution in [0.4, 0.5) is 15.8 Å². The third kappa shape index (κ3) is 3.31. The molecule has 0 fully saturated rings. The highest BCUT2D eigenvalue weighted by atomic mass is 79.9. The molecule has 0 aromatic heterocycles. The number of nitrogen functional groups attached to an aromatic ring is 1. The summed E-state index contributed by atoms with van der Waals surface area (Å²) >= 11 is 6.16. The highest BCUT2D eigenvalue weighted by Crippen LogP contribution is 2.27. The molecule has 0 aliphatic rings. The molecule has 0 heterocycles. The van der Waals surface area contributed by atoms with E-state index >= 15 is 0 Å². The van der Waals surface area contributed by atoms with Gasteiger partial charge in [0.1, 0.15) is 10.7 Å². The molecule has 0 bridgehead atoms. The second kappa shape index (κ2) is 5.71. The van der Waals surface area contributed by atoms with Crippen LogP contribution in [0.5, 0.6) is 0 Å². The fourth-order valence-corrected chi connectivity index (χ4v) is 3.92. The van der Waals surface area contributed by atoms with Gasteiger partial charge in [-0.2, -0.15) is 0 Å². The molecule has 3 N–H and O–H groups in total. The summed E-state index contributed by atoms with van der Waals surface area (Å²) in [5.74, 6) is -0.474. The van der Waals surface area contributed by atoms with E-state index in [1.165, 1.54) is 18.2 Å². The van der Waals surface area contributed by atoms with E-state index in [1.807, 2.05) is 0 Å². The van der Waals surface area contributed by atoms with E-state index in [-0.39, 0.29) is 15.1 Å². The average molecular weight is 424 g/mol. The van der Waals surface area contributed by atoms with Crippen LogP contribution in [0.3, 0.4) is 0 Å². The first-order chi connectivity index (χ1) is 9.29. The van der Waals surface area contributed by atoms with Crippen molar-refractivity contribution in [1.29, 1.82) is 0 Å². The normalized spacial score (nSPS) is 11.3. The van der Waals surface area contributed by atoms with Gasteiger partial charge in [-0.15, -0.1) is 0 Å². The van der Waals surface area contributed by atoms with Crippen LogP contribution in [0.25, 0.3) is 0 Å². The van der Waals surface area contributed by atoms with Crippen molar-refractivity contribution in [2.24, 2.45) is 0 Å². The van der Waals surface area contributed by atoms with Gasteiger partial charge in [-0.1, -0.05) is 0 Å². The molecule has 2 aromatic carbocycles. The lowest BCUT2D eigenvalue weighted by Crippen LogP contribution is -2.14. The molecule has 0 saturated carbocycles. The van der Waals surface area contributed by atoms with E-state index in [0.29, 0.717) is 10.2 Å². The largest absolute Gasteiger partial charge is 0.399 e. The molecular weight excluding hydrogens is 415 g/mol. The molecular formula is C12H9Br2FN2O2S. The van der Waals surface area contributed by atoms with Crippen molar-refractivity contribution >= 4 is 53.3 Å². The Hall–Kier alpha value is -1.12. The SMILES string of the molecule is Nc1ccc(Br)c(S(=O)(=O)Nc2ccc(F)c(Br)c2)c1. The molecule has 106 valence electrons. The van der Waals surface area contributed by atoms with Crippen LogP contribution in [0.15, 0.2) is 50.2 Å². The van der Waals surface area contributed by atoms with Crippen molar-refractivity contribution in [1.82, 2.24) is 0 Å². The van der Waals surface area contributed by atoms with Gasteiger partial charge in [0.25, 0.3) is 10.0 Å². The highest BCUT2D eigenvalue weighted by molar-refractivity contribution is 9.10. The zero-order chi connectivity index (χ0) is 14.9. The number of hydrogen-bond acceptors (Lipinski definition) is 3. The van der Waals surface area contributed by atoms with Crippen LogP contribution in [-0.2, 0) is 10.0 Å². The van der Waals surface area contributed by atoms with Gasteiger partial charge in [0, 0.05) is 10.2 Å². The first kappa shape index (κ1) is 15.3. The molecule has 20 heavy (non-hydrogen) atoms. The second-order valence-electron chi connectivity index (χ2n) is 3.92. The first-order valence-electron chi connectivity index (χ1n) is 5.32. The number of rotatable bonds is 3. The zero-order valence-corrected chi connectivity index (χ0v) is 13.9. The lowest BCUT2D eigenvalue weighted by atomic mass is 10.3. The minimum atomic E-state index is -3.82. The van der Waals surface area contributed by atoms with Crippen LogP contribution >= 0.6 is 31.9 Å². The van der Waals surface area contributed by atoms with Gasteiger partial charge in [-0.05, 0) is 68.3 Å². The van der Waals surface area contributed by atoms with Crippen molar-refractivity contribution in [2.45, 2.75) is 4.90 Å². The standard InChI is InChI=1S/C12H9Br2FN2O2S/c13-9-3-1-7(16)5-12(9)20(18,19)17-8-2-4-11(15)10(14)6-8/h1-6,17H,16H2. The van der Waals surface area contributed by atoms with Crippen LogP contribution in [0.2, 0.25) is 0 Å². The van der Waals surface area contributed by atoms with E-state index in [1.54, 1.807) is 12.1 Å². The maximum atomic E-state index is 13.1. The van der Waals surface area contributed by atoms with Crippen molar-refractivity contribution in [3.63, 3.8) is 0 Å². The summed E-state index contributed by atoms with van der Waals surface area (Å²) in [6.07, 6.45) is 0. The molecule has 0 unspecified atom stereocenters. The number of anilines is 2. The Morgan fingerprint density at radius 3 is 2.40 bits per heavy atom. The van der Waals surface area contributed by atoms with Gasteiger partial charge in [0.15, 0.2) is 0 Å². The smallest absolute Gasteiger partial charge is 0.263 e. The van der Waals surface area contributed by atoms with Crippen molar-refractivity contribution < 1.29 is 12.8 Å². The molecule has 2 rings (SSSR count). The summed E-state index contributed by atoms with van der Waals surface area (Å²) in [6, 6.07) is 8.30. The maximum absolute atomic E-state index is 13.1. The number of benzene rings is 2. The number of hydrogen-bond donors (Lipinski definition) is 2. The highest BCUT2D eigenvalue weighted by Gasteiger charge is 2.18. The Kier molecular flexibility index (Phi) is 4.36. The molecule has 4 nitrogen and oxygen atoms in total. The summed E-state index contributed by atoms with van der Waals surface area (Å²) in [5.41, 5.74) is 6.16. The second-order valence-corrected chi connectivity index (χ2v) is 7.28. The van der Waals surface area contributed by atoms with E-state index < -0.39 is 15.8 Å². The predicted octanol–water partition coefficient (Wildman–Crippen LogP) is 3.73. The number of nitrogens with two attached hydrogens (primary N) is 1. The Balaban J connectivity index is 2.40. The van der Waals surface area contributed by atoms with Gasteiger partial charge < -0.3 is 5.73 Å². The van der Waals surface area contributed by atoms with E-state index in [0.717, 1.165) is 6.07 Å². The quantitative estimate of drug-likeness (QED) is 0.738. The Labute approximate surface area is 132 Å². The van der Waals surface area contributed by atoms with Gasteiger partial charge in [0.05, 0.1) is 10.2 Å². The van der Waals surface area contributed by atoms with Crippen molar-refractivity contribution in [3.05, 3.63) is 51.2 Å². The fraction of sp³-hybridized carbons (Fsp3) is 0. The van der Waals surface area contributed by atoms with Crippen LogP contribution in [-0.4, -0.2) is 8.42 Å². The third-order valence-corrected chi connectivity index (χ3v) is 5.40. The third-order valence-electron chi connectivity index (χ3n) is 2.42. The summed E-state index contributed by atoms with van der Waals surface area (Å²) in [7, 11) is -3.82. The summed E-state index contributed by atoms with van der Waals surface area (Å²) in [4.78, 5) is 0.0120. The Morgan fingerprint density at radius 1 is 1.05 bits per heavy atom. The van der Waals surface area contributed by atoms with Gasteiger partial charge in [0.2, 0.25) is 0 Å². The molecule has 0 aliphatic carbocycles. The van der Waals surface area contributed by atoms with E-state index in [4.69, 9.17) is 5.73 Å². The van der Waals surface area contributed by atoms with E-state index in [2.05, 4.69) is 36.6 Å². The molecule has 0 radical (unpaired) electrons. The number of nitrogens with one attached hydrogen (secondary N) is 1. The first-order valence-corrected chi connectivity index (χ1v) is 8.39. The molecule has 0 aliphatic heterocycles. The van der Waals surface area contributed by atoms with Crippen LogP contribution < -0.4 is 10.5 Å². The lowest BCUT2D eigenvalue weighted by Gasteiger charge is -2.10. The molecule has 8 heteroatoms. The molecule has 0 atom stereocenters. The number of sulfonamides is 1. The average Bonchev–Trinajstić information content (AvgIpc) is 2.36. The molecule has 2 aromatic rings. The lowest BCUT2D eigenvalue weighted by molar-refractivity contribution is 0.600. The topological polar surface area (TPSA) is 72.2 Å². The fourth-order valence-electron chi connectivity index (χ4n) is 1.50. The number of halogens is 3. The Morgan fingerprint density at radius 2 is 1.75 bits per heavy atom. The van der Waals surface area contributed by atoms with E-state index in [9.17, 15) is 12.8 Å². The molecule has 0 spiro atoms. The van der Waals surface area contributed by atoms with Gasteiger partial charge >= 0.3 is 0 Å². The zero-order valence-electron chi connectivity index (χ0n) is 9.90. The van der Waals surface area contributed by atoms with Crippen molar-refractivity contribution in [2.75, 3.05) is 10.5 Å². The summed E-state index contributed by atoms with van der Waals surface area (Å²) < 4.78 is 40.6. The minimum absolute atomic E-state index is 0.0120. The van der Waals surface area contributed by atoms with Gasteiger partial charge in [-0.25, -0.2) is 12.8 Å². The predicted molar refractivity (Wildman–Crippen MR) is 83.5 cm³/mol. The van der Waals surface area contributed by atoms with Gasteiger partial charge in [-0.3, -0.25) is 4.72 Å². The van der Waals surface area contributed by atoms with Crippen LogP contribution in [0, 0.1) is 5.82 Å². The molecule has 0 saturated heterocycles. The maximum Gasteiger partial charge on any atom is 0.263 e. The Bertz CT molecular complexity index is 766. The minimum Gasteiger partial charge on any atom is -0.399 e. The monoisotopic (exact) mass is 422 g/mol. The van der Waals surface area contributed by atoms with Crippen LogP contribution in [0.1, 0.15) is 0 Å².